The molecule has 17 heavy (non-hydrogen) atoms. The van der Waals surface area contributed by atoms with Crippen molar-refractivity contribution in [2.45, 2.75) is 52.0 Å². The topological polar surface area (TPSA) is 50.9 Å². The number of anilines is 2. The van der Waals surface area contributed by atoms with E-state index in [0.717, 1.165) is 23.1 Å². The average molecular weight is 233 g/mol. The van der Waals surface area contributed by atoms with Crippen molar-refractivity contribution < 1.29 is 0 Å². The molecule has 1 aromatic rings. The minimum absolute atomic E-state index is 0.505. The van der Waals surface area contributed by atoms with Gasteiger partial charge in [0.15, 0.2) is 0 Å². The summed E-state index contributed by atoms with van der Waals surface area (Å²) in [5, 5.41) is 3.51. The first-order valence-electron chi connectivity index (χ1n) is 6.66. The standard InChI is InChI=1S/C14H23N3/c1-10(12-6-4-3-5-7-12)16-14-9-8-13(15)11(2)17-14/h8-10,12H,3-7,15H2,1-2H3,(H,16,17). The Morgan fingerprint density at radius 3 is 2.65 bits per heavy atom. The molecule has 0 radical (unpaired) electrons. The van der Waals surface area contributed by atoms with Crippen LogP contribution in [0.3, 0.4) is 0 Å². The molecule has 1 aliphatic rings. The number of hydrogen-bond acceptors (Lipinski definition) is 3. The van der Waals surface area contributed by atoms with Crippen molar-refractivity contribution in [1.82, 2.24) is 4.98 Å². The lowest BCUT2D eigenvalue weighted by molar-refractivity contribution is 0.328. The van der Waals surface area contributed by atoms with E-state index in [2.05, 4.69) is 17.2 Å². The first-order valence-corrected chi connectivity index (χ1v) is 6.66. The summed E-state index contributed by atoms with van der Waals surface area (Å²) in [6.45, 7) is 4.22. The second-order valence-corrected chi connectivity index (χ2v) is 5.20. The predicted octanol–water partition coefficient (Wildman–Crippen LogP) is 3.35. The van der Waals surface area contributed by atoms with Crippen LogP contribution in [0.5, 0.6) is 0 Å². The smallest absolute Gasteiger partial charge is 0.126 e. The average Bonchev–Trinajstić information content (AvgIpc) is 2.35. The van der Waals surface area contributed by atoms with Crippen LogP contribution in [0.1, 0.15) is 44.7 Å². The minimum atomic E-state index is 0.505. The second kappa shape index (κ2) is 5.39. The van der Waals surface area contributed by atoms with E-state index in [-0.39, 0.29) is 0 Å². The zero-order valence-corrected chi connectivity index (χ0v) is 10.9. The Balaban J connectivity index is 1.96. The Morgan fingerprint density at radius 1 is 1.29 bits per heavy atom. The molecule has 94 valence electrons. The Labute approximate surface area is 104 Å². The van der Waals surface area contributed by atoms with E-state index in [1.807, 2.05) is 19.1 Å². The Morgan fingerprint density at radius 2 is 2.00 bits per heavy atom. The van der Waals surface area contributed by atoms with Gasteiger partial charge in [0.2, 0.25) is 0 Å². The maximum atomic E-state index is 5.77. The molecule has 1 fully saturated rings. The van der Waals surface area contributed by atoms with Crippen molar-refractivity contribution in [3.63, 3.8) is 0 Å². The highest BCUT2D eigenvalue weighted by atomic mass is 15.0. The quantitative estimate of drug-likeness (QED) is 0.841. The molecule has 0 aromatic carbocycles. The number of nitrogens with two attached hydrogens (primary N) is 1. The third-order valence-electron chi connectivity index (χ3n) is 3.86. The molecule has 1 unspecified atom stereocenters. The lowest BCUT2D eigenvalue weighted by Crippen LogP contribution is -2.28. The molecule has 1 saturated carbocycles. The van der Waals surface area contributed by atoms with E-state index in [1.54, 1.807) is 0 Å². The summed E-state index contributed by atoms with van der Waals surface area (Å²) < 4.78 is 0. The van der Waals surface area contributed by atoms with Crippen LogP contribution in [-0.4, -0.2) is 11.0 Å². The van der Waals surface area contributed by atoms with Gasteiger partial charge in [0.25, 0.3) is 0 Å². The van der Waals surface area contributed by atoms with Crippen molar-refractivity contribution in [3.8, 4) is 0 Å². The number of hydrogen-bond donors (Lipinski definition) is 2. The fraction of sp³-hybridized carbons (Fsp3) is 0.643. The van der Waals surface area contributed by atoms with Crippen molar-refractivity contribution in [2.75, 3.05) is 11.1 Å². The van der Waals surface area contributed by atoms with Gasteiger partial charge in [-0.2, -0.15) is 0 Å². The first kappa shape index (κ1) is 12.2. The molecule has 0 spiro atoms. The Bertz CT molecular complexity index is 370. The molecule has 0 aliphatic heterocycles. The molecule has 0 amide bonds. The van der Waals surface area contributed by atoms with Gasteiger partial charge in [0, 0.05) is 6.04 Å². The summed E-state index contributed by atoms with van der Waals surface area (Å²) >= 11 is 0. The number of rotatable bonds is 3. The van der Waals surface area contributed by atoms with Crippen LogP contribution in [0, 0.1) is 12.8 Å². The number of aromatic nitrogens is 1. The summed E-state index contributed by atoms with van der Waals surface area (Å²) in [5.74, 6) is 1.75. The molecule has 1 aliphatic carbocycles. The van der Waals surface area contributed by atoms with E-state index in [4.69, 9.17) is 5.73 Å². The number of pyridine rings is 1. The van der Waals surface area contributed by atoms with Crippen molar-refractivity contribution >= 4 is 11.5 Å². The van der Waals surface area contributed by atoms with E-state index in [0.29, 0.717) is 6.04 Å². The molecule has 1 aromatic heterocycles. The number of nitrogen functional groups attached to an aromatic ring is 1. The predicted molar refractivity (Wildman–Crippen MR) is 73.0 cm³/mol. The molecule has 0 bridgehead atoms. The Kier molecular flexibility index (Phi) is 3.87. The maximum Gasteiger partial charge on any atom is 0.126 e. The van der Waals surface area contributed by atoms with Gasteiger partial charge in [0.05, 0.1) is 11.4 Å². The van der Waals surface area contributed by atoms with Gasteiger partial charge in [-0.3, -0.25) is 0 Å². The molecule has 1 atom stereocenters. The first-order chi connectivity index (χ1) is 8.16. The summed E-state index contributed by atoms with van der Waals surface area (Å²) in [6.07, 6.45) is 6.86. The highest BCUT2D eigenvalue weighted by Gasteiger charge is 2.20. The molecular formula is C14H23N3. The molecule has 3 N–H and O–H groups in total. The Hall–Kier alpha value is -1.25. The van der Waals surface area contributed by atoms with Crippen LogP contribution >= 0.6 is 0 Å². The summed E-state index contributed by atoms with van der Waals surface area (Å²) in [7, 11) is 0. The maximum absolute atomic E-state index is 5.77. The number of nitrogens with zero attached hydrogens (tertiary/aromatic N) is 1. The van der Waals surface area contributed by atoms with E-state index >= 15 is 0 Å². The van der Waals surface area contributed by atoms with Gasteiger partial charge < -0.3 is 11.1 Å². The van der Waals surface area contributed by atoms with E-state index in [9.17, 15) is 0 Å². The van der Waals surface area contributed by atoms with Gasteiger partial charge in [-0.25, -0.2) is 4.98 Å². The fourth-order valence-electron chi connectivity index (χ4n) is 2.64. The van der Waals surface area contributed by atoms with Crippen LogP contribution < -0.4 is 11.1 Å². The summed E-state index contributed by atoms with van der Waals surface area (Å²) in [5.41, 5.74) is 7.44. The number of nitrogens with one attached hydrogen (secondary N) is 1. The fourth-order valence-corrected chi connectivity index (χ4v) is 2.64. The monoisotopic (exact) mass is 233 g/mol. The van der Waals surface area contributed by atoms with E-state index in [1.165, 1.54) is 32.1 Å². The summed E-state index contributed by atoms with van der Waals surface area (Å²) in [4.78, 5) is 4.47. The zero-order valence-electron chi connectivity index (χ0n) is 10.9. The highest BCUT2D eigenvalue weighted by Crippen LogP contribution is 2.27. The van der Waals surface area contributed by atoms with Gasteiger partial charge in [-0.05, 0) is 44.7 Å². The summed E-state index contributed by atoms with van der Waals surface area (Å²) in [6, 6.07) is 4.41. The van der Waals surface area contributed by atoms with Crippen molar-refractivity contribution in [3.05, 3.63) is 17.8 Å². The van der Waals surface area contributed by atoms with Crippen LogP contribution in [0.25, 0.3) is 0 Å². The van der Waals surface area contributed by atoms with Crippen LogP contribution in [0.4, 0.5) is 11.5 Å². The minimum Gasteiger partial charge on any atom is -0.397 e. The van der Waals surface area contributed by atoms with Gasteiger partial charge in [-0.15, -0.1) is 0 Å². The second-order valence-electron chi connectivity index (χ2n) is 5.20. The lowest BCUT2D eigenvalue weighted by Gasteiger charge is -2.28. The van der Waals surface area contributed by atoms with E-state index < -0.39 is 0 Å². The SMILES string of the molecule is Cc1nc(NC(C)C2CCCCC2)ccc1N. The molecule has 2 rings (SSSR count). The third-order valence-corrected chi connectivity index (χ3v) is 3.86. The molecule has 3 heteroatoms. The molecular weight excluding hydrogens is 210 g/mol. The zero-order chi connectivity index (χ0) is 12.3. The molecule has 0 saturated heterocycles. The van der Waals surface area contributed by atoms with Crippen LogP contribution in [-0.2, 0) is 0 Å². The van der Waals surface area contributed by atoms with Gasteiger partial charge in [0.1, 0.15) is 5.82 Å². The molecule has 3 nitrogen and oxygen atoms in total. The van der Waals surface area contributed by atoms with Crippen molar-refractivity contribution in [1.29, 1.82) is 0 Å². The normalized spacial score (nSPS) is 18.9. The molecule has 1 heterocycles. The van der Waals surface area contributed by atoms with Gasteiger partial charge in [-0.1, -0.05) is 19.3 Å². The number of aryl methyl sites for hydroxylation is 1. The highest BCUT2D eigenvalue weighted by molar-refractivity contribution is 5.49. The van der Waals surface area contributed by atoms with Crippen molar-refractivity contribution in [2.24, 2.45) is 5.92 Å². The van der Waals surface area contributed by atoms with Crippen LogP contribution in [0.2, 0.25) is 0 Å². The van der Waals surface area contributed by atoms with Crippen LogP contribution in [0.15, 0.2) is 12.1 Å². The lowest BCUT2D eigenvalue weighted by atomic mass is 9.84. The third kappa shape index (κ3) is 3.11. The van der Waals surface area contributed by atoms with Gasteiger partial charge >= 0.3 is 0 Å². The largest absolute Gasteiger partial charge is 0.397 e.